The molecule has 2 nitrogen and oxygen atoms in total. The van der Waals surface area contributed by atoms with E-state index in [1.54, 1.807) is 0 Å². The first-order chi connectivity index (χ1) is 6.84. The van der Waals surface area contributed by atoms with E-state index in [0.29, 0.717) is 6.04 Å². The topological polar surface area (TPSA) is 38.0 Å². The van der Waals surface area contributed by atoms with Gasteiger partial charge >= 0.3 is 0 Å². The summed E-state index contributed by atoms with van der Waals surface area (Å²) in [6.07, 6.45) is 5.10. The van der Waals surface area contributed by atoms with E-state index in [1.165, 1.54) is 31.4 Å². The first-order valence-electron chi connectivity index (χ1n) is 5.42. The molecule has 2 rings (SSSR count). The molecule has 1 aromatic rings. The van der Waals surface area contributed by atoms with Gasteiger partial charge in [0.1, 0.15) is 0 Å². The number of nitrogens with one attached hydrogen (secondary N) is 1. The average Bonchev–Trinajstić information content (AvgIpc) is 2.19. The van der Waals surface area contributed by atoms with E-state index in [1.807, 2.05) is 12.1 Å². The van der Waals surface area contributed by atoms with Crippen molar-refractivity contribution in [3.63, 3.8) is 0 Å². The number of nitrogen functional groups attached to an aromatic ring is 1. The van der Waals surface area contributed by atoms with Crippen LogP contribution in [-0.4, -0.2) is 12.6 Å². The fourth-order valence-electron chi connectivity index (χ4n) is 2.10. The highest BCUT2D eigenvalue weighted by Crippen LogP contribution is 2.14. The van der Waals surface area contributed by atoms with Crippen LogP contribution in [0.4, 0.5) is 5.69 Å². The third-order valence-electron chi connectivity index (χ3n) is 2.85. The lowest BCUT2D eigenvalue weighted by molar-refractivity contribution is 0.399. The minimum absolute atomic E-state index is 0.658. The van der Waals surface area contributed by atoms with Crippen LogP contribution in [0.5, 0.6) is 0 Å². The molecular formula is C12H18N2. The quantitative estimate of drug-likeness (QED) is 0.700. The minimum Gasteiger partial charge on any atom is -0.399 e. The first kappa shape index (κ1) is 9.53. The smallest absolute Gasteiger partial charge is 0.0316 e. The molecule has 1 saturated heterocycles. The van der Waals surface area contributed by atoms with E-state index in [4.69, 9.17) is 5.73 Å². The average molecular weight is 190 g/mol. The summed E-state index contributed by atoms with van der Waals surface area (Å²) in [6, 6.07) is 8.87. The Hall–Kier alpha value is -1.02. The molecule has 0 spiro atoms. The van der Waals surface area contributed by atoms with Crippen molar-refractivity contribution < 1.29 is 0 Å². The van der Waals surface area contributed by atoms with Crippen LogP contribution < -0.4 is 11.1 Å². The highest BCUT2D eigenvalue weighted by Gasteiger charge is 2.12. The molecule has 0 bridgehead atoms. The van der Waals surface area contributed by atoms with Gasteiger partial charge in [-0.05, 0) is 43.5 Å². The Labute approximate surface area is 85.5 Å². The minimum atomic E-state index is 0.658. The summed E-state index contributed by atoms with van der Waals surface area (Å²) in [5, 5.41) is 3.55. The van der Waals surface area contributed by atoms with Crippen molar-refractivity contribution in [3.8, 4) is 0 Å². The van der Waals surface area contributed by atoms with Gasteiger partial charge in [-0.15, -0.1) is 0 Å². The lowest BCUT2D eigenvalue weighted by atomic mass is 9.98. The van der Waals surface area contributed by atoms with E-state index in [9.17, 15) is 0 Å². The summed E-state index contributed by atoms with van der Waals surface area (Å²) in [5.74, 6) is 0. The lowest BCUT2D eigenvalue weighted by Gasteiger charge is -2.23. The molecule has 1 aromatic carbocycles. The van der Waals surface area contributed by atoms with Crippen LogP contribution in [-0.2, 0) is 6.42 Å². The SMILES string of the molecule is Nc1cccc(CC2CCCCN2)c1. The molecule has 14 heavy (non-hydrogen) atoms. The Morgan fingerprint density at radius 1 is 1.36 bits per heavy atom. The van der Waals surface area contributed by atoms with Gasteiger partial charge in [-0.2, -0.15) is 0 Å². The maximum absolute atomic E-state index is 5.74. The Balaban J connectivity index is 1.95. The molecule has 0 aliphatic carbocycles. The molecule has 1 fully saturated rings. The largest absolute Gasteiger partial charge is 0.399 e. The van der Waals surface area contributed by atoms with Crippen molar-refractivity contribution in [2.75, 3.05) is 12.3 Å². The molecule has 1 aliphatic rings. The van der Waals surface area contributed by atoms with Gasteiger partial charge in [0.2, 0.25) is 0 Å². The molecule has 0 amide bonds. The predicted molar refractivity (Wildman–Crippen MR) is 60.2 cm³/mol. The molecule has 1 atom stereocenters. The van der Waals surface area contributed by atoms with Crippen LogP contribution in [0.1, 0.15) is 24.8 Å². The van der Waals surface area contributed by atoms with Gasteiger partial charge in [-0.3, -0.25) is 0 Å². The number of rotatable bonds is 2. The summed E-state index contributed by atoms with van der Waals surface area (Å²) in [6.45, 7) is 1.17. The van der Waals surface area contributed by atoms with Gasteiger partial charge < -0.3 is 11.1 Å². The van der Waals surface area contributed by atoms with Gasteiger partial charge in [0.05, 0.1) is 0 Å². The zero-order valence-electron chi connectivity index (χ0n) is 8.50. The third-order valence-corrected chi connectivity index (χ3v) is 2.85. The van der Waals surface area contributed by atoms with Crippen LogP contribution in [0.2, 0.25) is 0 Å². The van der Waals surface area contributed by atoms with E-state index >= 15 is 0 Å². The maximum atomic E-state index is 5.74. The Morgan fingerprint density at radius 2 is 2.29 bits per heavy atom. The summed E-state index contributed by atoms with van der Waals surface area (Å²) in [4.78, 5) is 0. The van der Waals surface area contributed by atoms with Crippen molar-refractivity contribution in [1.29, 1.82) is 0 Å². The highest BCUT2D eigenvalue weighted by molar-refractivity contribution is 5.40. The van der Waals surface area contributed by atoms with Crippen LogP contribution in [0, 0.1) is 0 Å². The van der Waals surface area contributed by atoms with E-state index in [-0.39, 0.29) is 0 Å². The summed E-state index contributed by atoms with van der Waals surface area (Å²) in [7, 11) is 0. The van der Waals surface area contributed by atoms with Crippen LogP contribution in [0.3, 0.4) is 0 Å². The second kappa shape index (κ2) is 4.47. The molecule has 3 N–H and O–H groups in total. The third kappa shape index (κ3) is 2.48. The molecule has 1 heterocycles. The van der Waals surface area contributed by atoms with Crippen molar-refractivity contribution >= 4 is 5.69 Å². The zero-order valence-corrected chi connectivity index (χ0v) is 8.50. The predicted octanol–water partition coefficient (Wildman–Crippen LogP) is 1.95. The Morgan fingerprint density at radius 3 is 3.00 bits per heavy atom. The molecule has 0 aromatic heterocycles. The monoisotopic (exact) mass is 190 g/mol. The van der Waals surface area contributed by atoms with Crippen molar-refractivity contribution in [3.05, 3.63) is 29.8 Å². The van der Waals surface area contributed by atoms with Crippen molar-refractivity contribution in [2.24, 2.45) is 0 Å². The molecule has 0 saturated carbocycles. The van der Waals surface area contributed by atoms with Gasteiger partial charge in [0.25, 0.3) is 0 Å². The normalized spacial score (nSPS) is 22.1. The molecule has 1 unspecified atom stereocenters. The van der Waals surface area contributed by atoms with Crippen molar-refractivity contribution in [2.45, 2.75) is 31.7 Å². The lowest BCUT2D eigenvalue weighted by Crippen LogP contribution is -2.35. The molecule has 0 radical (unpaired) electrons. The van der Waals surface area contributed by atoms with E-state index < -0.39 is 0 Å². The summed E-state index contributed by atoms with van der Waals surface area (Å²) in [5.41, 5.74) is 7.97. The number of benzene rings is 1. The fraction of sp³-hybridized carbons (Fsp3) is 0.500. The van der Waals surface area contributed by atoms with Crippen LogP contribution >= 0.6 is 0 Å². The number of nitrogens with two attached hydrogens (primary N) is 1. The van der Waals surface area contributed by atoms with Crippen molar-refractivity contribution in [1.82, 2.24) is 5.32 Å². The van der Waals surface area contributed by atoms with Gasteiger partial charge in [0, 0.05) is 11.7 Å². The fourth-order valence-corrected chi connectivity index (χ4v) is 2.10. The van der Waals surface area contributed by atoms with Gasteiger partial charge in [-0.1, -0.05) is 18.6 Å². The number of hydrogen-bond donors (Lipinski definition) is 2. The standard InChI is InChI=1S/C12H18N2/c13-11-5-3-4-10(8-11)9-12-6-1-2-7-14-12/h3-5,8,12,14H,1-2,6-7,9,13H2. The van der Waals surface area contributed by atoms with Crippen LogP contribution in [0.25, 0.3) is 0 Å². The number of piperidine rings is 1. The molecule has 2 heteroatoms. The summed E-state index contributed by atoms with van der Waals surface area (Å²) >= 11 is 0. The first-order valence-corrected chi connectivity index (χ1v) is 5.42. The van der Waals surface area contributed by atoms with E-state index in [2.05, 4.69) is 17.4 Å². The van der Waals surface area contributed by atoms with Gasteiger partial charge in [0.15, 0.2) is 0 Å². The Kier molecular flexibility index (Phi) is 3.04. The second-order valence-electron chi connectivity index (χ2n) is 4.10. The van der Waals surface area contributed by atoms with Gasteiger partial charge in [-0.25, -0.2) is 0 Å². The zero-order chi connectivity index (χ0) is 9.80. The molecular weight excluding hydrogens is 172 g/mol. The van der Waals surface area contributed by atoms with E-state index in [0.717, 1.165) is 12.1 Å². The maximum Gasteiger partial charge on any atom is 0.0316 e. The Bertz CT molecular complexity index is 290. The number of hydrogen-bond acceptors (Lipinski definition) is 2. The highest BCUT2D eigenvalue weighted by atomic mass is 14.9. The number of anilines is 1. The van der Waals surface area contributed by atoms with Crippen LogP contribution in [0.15, 0.2) is 24.3 Å². The second-order valence-corrected chi connectivity index (χ2v) is 4.10. The summed E-state index contributed by atoms with van der Waals surface area (Å²) < 4.78 is 0. The molecule has 76 valence electrons. The molecule has 1 aliphatic heterocycles.